The molecule has 1 aliphatic rings. The molecule has 2 unspecified atom stereocenters. The summed E-state index contributed by atoms with van der Waals surface area (Å²) >= 11 is 1.46. The van der Waals surface area contributed by atoms with Gasteiger partial charge in [0.2, 0.25) is 0 Å². The van der Waals surface area contributed by atoms with Crippen molar-refractivity contribution in [3.63, 3.8) is 0 Å². The summed E-state index contributed by atoms with van der Waals surface area (Å²) in [6.07, 6.45) is 3.01. The maximum Gasteiger partial charge on any atom is 0.274 e. The van der Waals surface area contributed by atoms with Crippen molar-refractivity contribution in [3.8, 4) is 10.4 Å². The number of nitrogens with two attached hydrogens (primary N) is 1. The molecule has 1 fully saturated rings. The fraction of sp³-hybridized carbons (Fsp3) is 0.444. The molecule has 0 bridgehead atoms. The number of carbonyl (C=O) groups is 1. The number of thiazole rings is 1. The molecule has 1 amide bonds. The minimum Gasteiger partial charge on any atom is -0.330 e. The van der Waals surface area contributed by atoms with Crippen molar-refractivity contribution >= 4 is 17.2 Å². The highest BCUT2D eigenvalue weighted by atomic mass is 32.1. The summed E-state index contributed by atoms with van der Waals surface area (Å²) in [6, 6.07) is 6.42. The first kappa shape index (κ1) is 17.0. The zero-order chi connectivity index (χ0) is 17.3. The van der Waals surface area contributed by atoms with Crippen LogP contribution in [0.1, 0.15) is 41.7 Å². The van der Waals surface area contributed by atoms with Gasteiger partial charge in [0.05, 0.1) is 9.88 Å². The molecule has 6 heteroatoms. The van der Waals surface area contributed by atoms with E-state index < -0.39 is 0 Å². The number of nitrogens with zero attached hydrogens (tertiary/aromatic N) is 2. The lowest BCUT2D eigenvalue weighted by molar-refractivity contribution is 0.0489. The van der Waals surface area contributed by atoms with E-state index >= 15 is 0 Å². The number of amides is 1. The van der Waals surface area contributed by atoms with Crippen LogP contribution in [0.15, 0.2) is 24.3 Å². The van der Waals surface area contributed by atoms with Crippen LogP contribution in [0.25, 0.3) is 10.4 Å². The lowest BCUT2D eigenvalue weighted by atomic mass is 9.95. The van der Waals surface area contributed by atoms with Gasteiger partial charge in [0.15, 0.2) is 0 Å². The van der Waals surface area contributed by atoms with Crippen molar-refractivity contribution < 1.29 is 9.18 Å². The summed E-state index contributed by atoms with van der Waals surface area (Å²) in [5.41, 5.74) is 7.16. The molecule has 0 saturated carbocycles. The van der Waals surface area contributed by atoms with E-state index in [4.69, 9.17) is 5.73 Å². The van der Waals surface area contributed by atoms with E-state index in [1.165, 1.54) is 23.5 Å². The first-order valence-corrected chi connectivity index (χ1v) is 9.09. The lowest BCUT2D eigenvalue weighted by Gasteiger charge is -2.40. The van der Waals surface area contributed by atoms with Gasteiger partial charge in [-0.2, -0.15) is 0 Å². The number of hydrogen-bond acceptors (Lipinski definition) is 4. The van der Waals surface area contributed by atoms with Gasteiger partial charge in [-0.25, -0.2) is 9.37 Å². The normalized spacial score (nSPS) is 21.1. The van der Waals surface area contributed by atoms with Gasteiger partial charge in [-0.1, -0.05) is 12.1 Å². The van der Waals surface area contributed by atoms with Crippen LogP contribution in [0.4, 0.5) is 4.39 Å². The second-order valence-corrected chi connectivity index (χ2v) is 7.50. The highest BCUT2D eigenvalue weighted by Crippen LogP contribution is 2.33. The van der Waals surface area contributed by atoms with E-state index in [-0.39, 0.29) is 23.8 Å². The van der Waals surface area contributed by atoms with Gasteiger partial charge >= 0.3 is 0 Å². The molecular weight excluding hydrogens is 325 g/mol. The average molecular weight is 347 g/mol. The van der Waals surface area contributed by atoms with Gasteiger partial charge in [0.25, 0.3) is 5.91 Å². The molecular formula is C18H22FN3OS. The average Bonchev–Trinajstić information content (AvgIpc) is 2.96. The summed E-state index contributed by atoms with van der Waals surface area (Å²) < 4.78 is 13.2. The van der Waals surface area contributed by atoms with Crippen LogP contribution in [0.5, 0.6) is 0 Å². The topological polar surface area (TPSA) is 59.2 Å². The maximum absolute atomic E-state index is 13.2. The Morgan fingerprint density at radius 2 is 2.08 bits per heavy atom. The molecule has 24 heavy (non-hydrogen) atoms. The van der Waals surface area contributed by atoms with Crippen molar-refractivity contribution in [1.82, 2.24) is 9.88 Å². The Labute approximate surface area is 145 Å². The van der Waals surface area contributed by atoms with E-state index in [2.05, 4.69) is 11.9 Å². The number of aromatic nitrogens is 1. The molecule has 1 saturated heterocycles. The van der Waals surface area contributed by atoms with Crippen molar-refractivity contribution in [1.29, 1.82) is 0 Å². The van der Waals surface area contributed by atoms with Crippen LogP contribution >= 0.6 is 11.3 Å². The highest BCUT2D eigenvalue weighted by molar-refractivity contribution is 7.15. The monoisotopic (exact) mass is 347 g/mol. The molecule has 2 heterocycles. The number of halogens is 1. The second-order valence-electron chi connectivity index (χ2n) is 6.30. The predicted molar refractivity (Wildman–Crippen MR) is 94.6 cm³/mol. The summed E-state index contributed by atoms with van der Waals surface area (Å²) in [7, 11) is 0. The van der Waals surface area contributed by atoms with Gasteiger partial charge in [0, 0.05) is 18.6 Å². The highest BCUT2D eigenvalue weighted by Gasteiger charge is 2.34. The Bertz CT molecular complexity index is 728. The Balaban J connectivity index is 1.99. The lowest BCUT2D eigenvalue weighted by Crippen LogP contribution is -2.52. The summed E-state index contributed by atoms with van der Waals surface area (Å²) in [5, 5.41) is 0.826. The fourth-order valence-electron chi connectivity index (χ4n) is 3.38. The minimum absolute atomic E-state index is 0.0596. The molecule has 1 aliphatic heterocycles. The van der Waals surface area contributed by atoms with Gasteiger partial charge in [-0.15, -0.1) is 11.3 Å². The zero-order valence-corrected chi connectivity index (χ0v) is 14.8. The van der Waals surface area contributed by atoms with Crippen molar-refractivity contribution in [2.24, 2.45) is 5.73 Å². The number of aryl methyl sites for hydroxylation is 1. The molecule has 0 aliphatic carbocycles. The van der Waals surface area contributed by atoms with Crippen molar-refractivity contribution in [2.75, 3.05) is 6.54 Å². The summed E-state index contributed by atoms with van der Waals surface area (Å²) in [5.74, 6) is -0.359. The third-order valence-electron chi connectivity index (χ3n) is 4.58. The minimum atomic E-state index is -0.291. The van der Waals surface area contributed by atoms with E-state index in [0.717, 1.165) is 34.7 Å². The molecule has 1 aromatic carbocycles. The number of hydrogen-bond donors (Lipinski definition) is 1. The van der Waals surface area contributed by atoms with Crippen LogP contribution < -0.4 is 5.73 Å². The Hall–Kier alpha value is -1.79. The van der Waals surface area contributed by atoms with E-state index in [0.29, 0.717) is 12.2 Å². The molecule has 3 rings (SSSR count). The first-order chi connectivity index (χ1) is 11.5. The SMILES string of the molecule is Cc1nc(C(=O)N2C(C)CCCC2CN)c(-c2ccc(F)cc2)s1. The Morgan fingerprint density at radius 3 is 2.75 bits per heavy atom. The molecule has 2 atom stereocenters. The Morgan fingerprint density at radius 1 is 1.38 bits per heavy atom. The van der Waals surface area contributed by atoms with E-state index in [9.17, 15) is 9.18 Å². The molecule has 0 radical (unpaired) electrons. The zero-order valence-electron chi connectivity index (χ0n) is 14.0. The standard InChI is InChI=1S/C18H22FN3OS/c1-11-4-3-5-15(10-20)22(11)18(23)16-17(24-12(2)21-16)13-6-8-14(19)9-7-13/h6-9,11,15H,3-5,10,20H2,1-2H3. The van der Waals surface area contributed by atoms with Crippen LogP contribution in [0.3, 0.4) is 0 Å². The van der Waals surface area contributed by atoms with Crippen LogP contribution in [-0.2, 0) is 0 Å². The van der Waals surface area contributed by atoms with Crippen LogP contribution in [0.2, 0.25) is 0 Å². The van der Waals surface area contributed by atoms with Gasteiger partial charge in [0.1, 0.15) is 11.5 Å². The summed E-state index contributed by atoms with van der Waals surface area (Å²) in [6.45, 7) is 4.41. The van der Waals surface area contributed by atoms with Gasteiger partial charge < -0.3 is 10.6 Å². The molecule has 1 aromatic heterocycles. The number of rotatable bonds is 3. The number of carbonyl (C=O) groups excluding carboxylic acids is 1. The third-order valence-corrected chi connectivity index (χ3v) is 5.60. The van der Waals surface area contributed by atoms with Crippen LogP contribution in [-0.4, -0.2) is 34.4 Å². The maximum atomic E-state index is 13.2. The van der Waals surface area contributed by atoms with Crippen LogP contribution in [0, 0.1) is 12.7 Å². The van der Waals surface area contributed by atoms with E-state index in [1.807, 2.05) is 11.8 Å². The van der Waals surface area contributed by atoms with Crippen molar-refractivity contribution in [3.05, 3.63) is 40.8 Å². The predicted octanol–water partition coefficient (Wildman–Crippen LogP) is 3.60. The quantitative estimate of drug-likeness (QED) is 0.923. The van der Waals surface area contributed by atoms with Crippen molar-refractivity contribution in [2.45, 2.75) is 45.2 Å². The van der Waals surface area contributed by atoms with Gasteiger partial charge in [-0.05, 0) is 50.8 Å². The number of benzene rings is 1. The Kier molecular flexibility index (Phi) is 4.96. The molecule has 128 valence electrons. The fourth-order valence-corrected chi connectivity index (χ4v) is 4.29. The third kappa shape index (κ3) is 3.21. The summed E-state index contributed by atoms with van der Waals surface area (Å²) in [4.78, 5) is 20.4. The smallest absolute Gasteiger partial charge is 0.274 e. The van der Waals surface area contributed by atoms with E-state index in [1.54, 1.807) is 12.1 Å². The number of likely N-dealkylation sites (tertiary alicyclic amines) is 1. The second kappa shape index (κ2) is 6.99. The molecule has 2 N–H and O–H groups in total. The molecule has 2 aromatic rings. The first-order valence-electron chi connectivity index (χ1n) is 8.27. The van der Waals surface area contributed by atoms with Gasteiger partial charge in [-0.3, -0.25) is 4.79 Å². The molecule has 4 nitrogen and oxygen atoms in total. The largest absolute Gasteiger partial charge is 0.330 e. The molecule has 0 spiro atoms. The number of piperidine rings is 1.